The van der Waals surface area contributed by atoms with Crippen LogP contribution in [0, 0.1) is 6.92 Å². The summed E-state index contributed by atoms with van der Waals surface area (Å²) in [6, 6.07) is 17.4. The van der Waals surface area contributed by atoms with Crippen molar-refractivity contribution in [1.82, 2.24) is 14.9 Å². The summed E-state index contributed by atoms with van der Waals surface area (Å²) < 4.78 is 17.0. The van der Waals surface area contributed by atoms with Gasteiger partial charge >= 0.3 is 0 Å². The Balaban J connectivity index is 1.33. The molecule has 0 unspecified atom stereocenters. The molecule has 4 rings (SSSR count). The normalized spacial score (nSPS) is 15.8. The van der Waals surface area contributed by atoms with E-state index < -0.39 is 0 Å². The Hall–Kier alpha value is -3.65. The van der Waals surface area contributed by atoms with Crippen molar-refractivity contribution in [3.63, 3.8) is 0 Å². The Morgan fingerprint density at radius 2 is 1.88 bits per heavy atom. The number of rotatable bonds is 8. The van der Waals surface area contributed by atoms with Crippen LogP contribution >= 0.6 is 0 Å². The van der Waals surface area contributed by atoms with E-state index in [1.807, 2.05) is 73.3 Å². The number of carbonyl (C=O) groups is 1. The van der Waals surface area contributed by atoms with Gasteiger partial charge in [-0.05, 0) is 37.1 Å². The van der Waals surface area contributed by atoms with Crippen molar-refractivity contribution in [2.45, 2.75) is 26.5 Å². The van der Waals surface area contributed by atoms with Gasteiger partial charge in [-0.3, -0.25) is 4.79 Å². The molecule has 178 valence electrons. The summed E-state index contributed by atoms with van der Waals surface area (Å²) in [4.78, 5) is 25.4. The molecule has 8 nitrogen and oxygen atoms in total. The van der Waals surface area contributed by atoms with Crippen LogP contribution in [0.4, 0.5) is 5.82 Å². The summed E-state index contributed by atoms with van der Waals surface area (Å²) in [5.74, 6) is 2.44. The third-order valence-electron chi connectivity index (χ3n) is 5.77. The molecule has 2 aromatic carbocycles. The van der Waals surface area contributed by atoms with Crippen LogP contribution in [0.5, 0.6) is 17.4 Å². The number of anilines is 1. The van der Waals surface area contributed by atoms with E-state index in [0.717, 1.165) is 16.9 Å². The lowest BCUT2D eigenvalue weighted by atomic mass is 10.2. The van der Waals surface area contributed by atoms with Gasteiger partial charge in [-0.1, -0.05) is 36.4 Å². The number of carbonyl (C=O) groups excluding carboxylic acids is 1. The second-order valence-corrected chi connectivity index (χ2v) is 8.33. The number of benzene rings is 2. The molecule has 0 aliphatic carbocycles. The molecule has 1 aromatic heterocycles. The van der Waals surface area contributed by atoms with Gasteiger partial charge in [-0.15, -0.1) is 0 Å². The number of amides is 1. The molecule has 0 radical (unpaired) electrons. The van der Waals surface area contributed by atoms with Crippen molar-refractivity contribution in [3.05, 3.63) is 72.1 Å². The second-order valence-electron chi connectivity index (χ2n) is 8.33. The van der Waals surface area contributed by atoms with Crippen molar-refractivity contribution in [2.75, 3.05) is 38.3 Å². The van der Waals surface area contributed by atoms with Gasteiger partial charge in [-0.2, -0.15) is 0 Å². The third kappa shape index (κ3) is 5.82. The average molecular weight is 463 g/mol. The molecular weight excluding hydrogens is 432 g/mol. The molecule has 3 aromatic rings. The predicted octanol–water partition coefficient (Wildman–Crippen LogP) is 3.84. The van der Waals surface area contributed by atoms with E-state index in [1.165, 1.54) is 6.33 Å². The fraction of sp³-hybridized carbons (Fsp3) is 0.346. The molecule has 8 heteroatoms. The molecule has 1 aliphatic heterocycles. The van der Waals surface area contributed by atoms with Crippen molar-refractivity contribution in [3.8, 4) is 17.4 Å². The Morgan fingerprint density at radius 1 is 1.06 bits per heavy atom. The number of nitrogens with zero attached hydrogens (tertiary/aromatic N) is 4. The molecule has 1 saturated heterocycles. The zero-order chi connectivity index (χ0) is 23.9. The number of piperazine rings is 1. The van der Waals surface area contributed by atoms with Gasteiger partial charge in [0.05, 0.1) is 13.7 Å². The fourth-order valence-electron chi connectivity index (χ4n) is 3.98. The number of hydrogen-bond donors (Lipinski definition) is 0. The lowest BCUT2D eigenvalue weighted by Gasteiger charge is -2.40. The highest BCUT2D eigenvalue weighted by atomic mass is 16.5. The monoisotopic (exact) mass is 462 g/mol. The van der Waals surface area contributed by atoms with Crippen molar-refractivity contribution < 1.29 is 19.0 Å². The quantitative estimate of drug-likeness (QED) is 0.503. The van der Waals surface area contributed by atoms with Crippen LogP contribution in [-0.2, 0) is 16.1 Å². The maximum atomic E-state index is 12.7. The minimum absolute atomic E-state index is 0.00116. The van der Waals surface area contributed by atoms with Gasteiger partial charge in [0.15, 0.2) is 11.5 Å². The highest BCUT2D eigenvalue weighted by Gasteiger charge is 2.28. The van der Waals surface area contributed by atoms with Crippen LogP contribution in [0.2, 0.25) is 0 Å². The number of hydrogen-bond acceptors (Lipinski definition) is 7. The summed E-state index contributed by atoms with van der Waals surface area (Å²) in [7, 11) is 1.61. The molecular formula is C26H30N4O4. The number of ether oxygens (including phenoxy) is 3. The Kier molecular flexibility index (Phi) is 7.59. The number of aromatic nitrogens is 2. The van der Waals surface area contributed by atoms with Crippen LogP contribution in [0.15, 0.2) is 60.9 Å². The van der Waals surface area contributed by atoms with E-state index in [2.05, 4.69) is 14.9 Å². The van der Waals surface area contributed by atoms with Gasteiger partial charge in [0.1, 0.15) is 18.8 Å². The largest absolute Gasteiger partial charge is 0.493 e. The van der Waals surface area contributed by atoms with E-state index >= 15 is 0 Å². The van der Waals surface area contributed by atoms with E-state index in [4.69, 9.17) is 14.2 Å². The molecule has 1 fully saturated rings. The third-order valence-corrected chi connectivity index (χ3v) is 5.77. The van der Waals surface area contributed by atoms with E-state index in [9.17, 15) is 4.79 Å². The zero-order valence-electron chi connectivity index (χ0n) is 19.8. The second kappa shape index (κ2) is 11.0. The predicted molar refractivity (Wildman–Crippen MR) is 129 cm³/mol. The summed E-state index contributed by atoms with van der Waals surface area (Å²) in [5.41, 5.74) is 2.14. The summed E-state index contributed by atoms with van der Waals surface area (Å²) in [5, 5.41) is 0. The van der Waals surface area contributed by atoms with Gasteiger partial charge in [0.2, 0.25) is 11.8 Å². The molecule has 0 bridgehead atoms. The molecule has 1 atom stereocenters. The van der Waals surface area contributed by atoms with E-state index in [0.29, 0.717) is 43.6 Å². The van der Waals surface area contributed by atoms with Crippen molar-refractivity contribution >= 4 is 11.7 Å². The topological polar surface area (TPSA) is 77.0 Å². The molecule has 34 heavy (non-hydrogen) atoms. The first-order chi connectivity index (χ1) is 16.5. The van der Waals surface area contributed by atoms with Crippen LogP contribution in [0.3, 0.4) is 0 Å². The lowest BCUT2D eigenvalue weighted by Crippen LogP contribution is -2.55. The maximum Gasteiger partial charge on any atom is 0.248 e. The minimum atomic E-state index is 0.00116. The highest BCUT2D eigenvalue weighted by molar-refractivity contribution is 5.78. The van der Waals surface area contributed by atoms with Gasteiger partial charge in [0, 0.05) is 31.7 Å². The van der Waals surface area contributed by atoms with Gasteiger partial charge in [0.25, 0.3) is 0 Å². The number of aryl methyl sites for hydroxylation is 1. The number of methoxy groups -OCH3 is 1. The molecule has 1 amide bonds. The van der Waals surface area contributed by atoms with E-state index in [1.54, 1.807) is 7.11 Å². The highest BCUT2D eigenvalue weighted by Crippen LogP contribution is 2.32. The standard InChI is InChI=1S/C26H30N4O4/c1-19-9-10-22(23(13-19)32-3)34-25-14-24(27-18-28-25)29-11-12-30(20(2)15-29)26(31)17-33-16-21-7-5-4-6-8-21/h4-10,13-14,18,20H,11-12,15-17H2,1-3H3/t20-/m1/s1. The first-order valence-electron chi connectivity index (χ1n) is 11.3. The summed E-state index contributed by atoms with van der Waals surface area (Å²) in [6.07, 6.45) is 1.49. The van der Waals surface area contributed by atoms with Crippen LogP contribution in [0.25, 0.3) is 0 Å². The summed E-state index contributed by atoms with van der Waals surface area (Å²) in [6.45, 7) is 6.46. The average Bonchev–Trinajstić information content (AvgIpc) is 2.85. The maximum absolute atomic E-state index is 12.7. The minimum Gasteiger partial charge on any atom is -0.493 e. The summed E-state index contributed by atoms with van der Waals surface area (Å²) >= 11 is 0. The Labute approximate surface area is 200 Å². The molecule has 1 aliphatic rings. The van der Waals surface area contributed by atoms with Gasteiger partial charge in [-0.25, -0.2) is 9.97 Å². The molecule has 2 heterocycles. The van der Waals surface area contributed by atoms with E-state index in [-0.39, 0.29) is 18.6 Å². The van der Waals surface area contributed by atoms with Crippen LogP contribution < -0.4 is 14.4 Å². The van der Waals surface area contributed by atoms with Crippen LogP contribution in [-0.4, -0.2) is 60.2 Å². The molecule has 0 saturated carbocycles. The van der Waals surface area contributed by atoms with Crippen molar-refractivity contribution in [2.24, 2.45) is 0 Å². The van der Waals surface area contributed by atoms with Gasteiger partial charge < -0.3 is 24.0 Å². The smallest absolute Gasteiger partial charge is 0.248 e. The first kappa shape index (κ1) is 23.5. The Bertz CT molecular complexity index is 1110. The SMILES string of the molecule is COc1cc(C)ccc1Oc1cc(N2CCN(C(=O)COCc3ccccc3)[C@H](C)C2)ncn1. The zero-order valence-corrected chi connectivity index (χ0v) is 19.8. The lowest BCUT2D eigenvalue weighted by molar-refractivity contribution is -0.139. The van der Waals surface area contributed by atoms with Crippen molar-refractivity contribution in [1.29, 1.82) is 0 Å². The molecule has 0 N–H and O–H groups in total. The fourth-order valence-corrected chi connectivity index (χ4v) is 3.98. The first-order valence-corrected chi connectivity index (χ1v) is 11.3. The molecule has 0 spiro atoms. The van der Waals surface area contributed by atoms with Crippen LogP contribution in [0.1, 0.15) is 18.1 Å². The Morgan fingerprint density at radius 3 is 2.65 bits per heavy atom.